The average Bonchev–Trinajstić information content (AvgIpc) is 3.39. The summed E-state index contributed by atoms with van der Waals surface area (Å²) < 4.78 is 12.0. The molecule has 8 heteroatoms. The van der Waals surface area contributed by atoms with Gasteiger partial charge in [-0.3, -0.25) is 9.59 Å². The first-order chi connectivity index (χ1) is 13.7. The minimum atomic E-state index is -0.166. The first-order valence-corrected chi connectivity index (χ1v) is 9.84. The van der Waals surface area contributed by atoms with E-state index in [0.29, 0.717) is 31.7 Å². The highest BCUT2D eigenvalue weighted by Gasteiger charge is 2.13. The lowest BCUT2D eigenvalue weighted by atomic mass is 10.2. The molecule has 0 atom stereocenters. The Morgan fingerprint density at radius 1 is 1.18 bits per heavy atom. The van der Waals surface area contributed by atoms with Gasteiger partial charge in [0.05, 0.1) is 4.88 Å². The standard InChI is InChI=1S/C20H19N3O4S/c24-19(21-12-14-5-7-16-17(11-14)27-13-26-16)4-1-9-23-20(25)8-6-15(22-23)18-3-2-10-28-18/h2-3,5-8,10-11H,1,4,9,12-13H2,(H,21,24). The van der Waals surface area contributed by atoms with E-state index in [0.717, 1.165) is 21.9 Å². The van der Waals surface area contributed by atoms with Crippen LogP contribution in [0.4, 0.5) is 0 Å². The molecule has 3 aromatic rings. The van der Waals surface area contributed by atoms with Crippen molar-refractivity contribution < 1.29 is 14.3 Å². The van der Waals surface area contributed by atoms with Crippen LogP contribution in [0.5, 0.6) is 11.5 Å². The fraction of sp³-hybridized carbons (Fsp3) is 0.250. The molecule has 0 saturated heterocycles. The zero-order valence-electron chi connectivity index (χ0n) is 15.1. The lowest BCUT2D eigenvalue weighted by molar-refractivity contribution is -0.121. The van der Waals surface area contributed by atoms with E-state index in [2.05, 4.69) is 10.4 Å². The molecule has 1 aliphatic heterocycles. The van der Waals surface area contributed by atoms with E-state index in [9.17, 15) is 9.59 Å². The molecule has 0 aliphatic carbocycles. The molecular formula is C20H19N3O4S. The Morgan fingerprint density at radius 2 is 2.07 bits per heavy atom. The van der Waals surface area contributed by atoms with Crippen molar-refractivity contribution in [1.82, 2.24) is 15.1 Å². The highest BCUT2D eigenvalue weighted by Crippen LogP contribution is 2.32. The minimum absolute atomic E-state index is 0.0693. The Kier molecular flexibility index (Phi) is 5.38. The van der Waals surface area contributed by atoms with Gasteiger partial charge in [0.25, 0.3) is 5.56 Å². The lowest BCUT2D eigenvalue weighted by Gasteiger charge is -2.08. The van der Waals surface area contributed by atoms with Gasteiger partial charge in [-0.05, 0) is 41.6 Å². The van der Waals surface area contributed by atoms with Gasteiger partial charge in [-0.25, -0.2) is 4.68 Å². The second-order valence-electron chi connectivity index (χ2n) is 6.33. The topological polar surface area (TPSA) is 82.5 Å². The van der Waals surface area contributed by atoms with Crippen molar-refractivity contribution in [2.24, 2.45) is 0 Å². The largest absolute Gasteiger partial charge is 0.454 e. The van der Waals surface area contributed by atoms with Gasteiger partial charge in [0.2, 0.25) is 12.7 Å². The van der Waals surface area contributed by atoms with Crippen molar-refractivity contribution in [2.45, 2.75) is 25.9 Å². The molecule has 0 fully saturated rings. The third-order valence-electron chi connectivity index (χ3n) is 4.34. The molecule has 144 valence electrons. The van der Waals surface area contributed by atoms with Crippen LogP contribution in [0.3, 0.4) is 0 Å². The number of fused-ring (bicyclic) bond motifs is 1. The number of hydrogen-bond acceptors (Lipinski definition) is 6. The Morgan fingerprint density at radius 3 is 2.93 bits per heavy atom. The molecule has 1 N–H and O–H groups in total. The summed E-state index contributed by atoms with van der Waals surface area (Å²) in [6.45, 7) is 1.04. The van der Waals surface area contributed by atoms with Gasteiger partial charge in [-0.1, -0.05) is 12.1 Å². The number of carbonyl (C=O) groups is 1. The van der Waals surface area contributed by atoms with Gasteiger partial charge in [0.15, 0.2) is 11.5 Å². The predicted octanol–water partition coefficient (Wildman–Crippen LogP) is 2.80. The van der Waals surface area contributed by atoms with Gasteiger partial charge >= 0.3 is 0 Å². The van der Waals surface area contributed by atoms with Gasteiger partial charge < -0.3 is 14.8 Å². The van der Waals surface area contributed by atoms with Crippen molar-refractivity contribution in [2.75, 3.05) is 6.79 Å². The summed E-state index contributed by atoms with van der Waals surface area (Å²) >= 11 is 1.57. The number of aromatic nitrogens is 2. The quantitative estimate of drug-likeness (QED) is 0.663. The van der Waals surface area contributed by atoms with Crippen LogP contribution in [0.1, 0.15) is 18.4 Å². The van der Waals surface area contributed by atoms with Gasteiger partial charge in [-0.2, -0.15) is 5.10 Å². The maximum atomic E-state index is 12.1. The highest BCUT2D eigenvalue weighted by atomic mass is 32.1. The Bertz CT molecular complexity index is 1030. The van der Waals surface area contributed by atoms with Crippen LogP contribution in [-0.4, -0.2) is 22.5 Å². The number of nitrogens with zero attached hydrogens (tertiary/aromatic N) is 2. The minimum Gasteiger partial charge on any atom is -0.454 e. The first kappa shape index (κ1) is 18.2. The van der Waals surface area contributed by atoms with E-state index >= 15 is 0 Å². The molecule has 2 aromatic heterocycles. The zero-order chi connectivity index (χ0) is 19.3. The fourth-order valence-corrected chi connectivity index (χ4v) is 3.58. The number of ether oxygens (including phenoxy) is 2. The second kappa shape index (κ2) is 8.26. The van der Waals surface area contributed by atoms with Crippen LogP contribution in [0, 0.1) is 0 Å². The summed E-state index contributed by atoms with van der Waals surface area (Å²) in [6, 6.07) is 12.7. The Hall–Kier alpha value is -3.13. The van der Waals surface area contributed by atoms with E-state index in [1.165, 1.54) is 10.7 Å². The molecule has 28 heavy (non-hydrogen) atoms. The number of nitrogens with one attached hydrogen (secondary N) is 1. The van der Waals surface area contributed by atoms with Crippen molar-refractivity contribution >= 4 is 17.2 Å². The van der Waals surface area contributed by atoms with Crippen LogP contribution >= 0.6 is 11.3 Å². The molecule has 0 bridgehead atoms. The number of amides is 1. The molecule has 0 radical (unpaired) electrons. The molecule has 1 amide bonds. The monoisotopic (exact) mass is 397 g/mol. The van der Waals surface area contributed by atoms with E-state index in [4.69, 9.17) is 9.47 Å². The SMILES string of the molecule is O=C(CCCn1nc(-c2cccs2)ccc1=O)NCc1ccc2c(c1)OCO2. The average molecular weight is 397 g/mol. The number of hydrogen-bond donors (Lipinski definition) is 1. The van der Waals surface area contributed by atoms with Crippen molar-refractivity contribution in [3.05, 3.63) is 63.8 Å². The number of rotatable bonds is 7. The molecule has 0 spiro atoms. The molecule has 4 rings (SSSR count). The Labute approximate surface area is 165 Å². The molecular weight excluding hydrogens is 378 g/mol. The number of thiophene rings is 1. The van der Waals surface area contributed by atoms with Crippen molar-refractivity contribution in [1.29, 1.82) is 0 Å². The van der Waals surface area contributed by atoms with Gasteiger partial charge in [0.1, 0.15) is 5.69 Å². The molecule has 3 heterocycles. The third-order valence-corrected chi connectivity index (χ3v) is 5.23. The van der Waals surface area contributed by atoms with Crippen LogP contribution < -0.4 is 20.3 Å². The van der Waals surface area contributed by atoms with Gasteiger partial charge in [0, 0.05) is 25.6 Å². The molecule has 0 saturated carbocycles. The van der Waals surface area contributed by atoms with Crippen LogP contribution in [-0.2, 0) is 17.9 Å². The summed E-state index contributed by atoms with van der Waals surface area (Å²) in [6.07, 6.45) is 0.857. The Balaban J connectivity index is 1.27. The molecule has 1 aromatic carbocycles. The number of benzene rings is 1. The van der Waals surface area contributed by atoms with Crippen molar-refractivity contribution in [3.63, 3.8) is 0 Å². The number of carbonyl (C=O) groups excluding carboxylic acids is 1. The van der Waals surface area contributed by atoms with Crippen LogP contribution in [0.15, 0.2) is 52.6 Å². The third kappa shape index (κ3) is 4.23. The lowest BCUT2D eigenvalue weighted by Crippen LogP contribution is -2.25. The maximum absolute atomic E-state index is 12.1. The summed E-state index contributed by atoms with van der Waals surface area (Å²) in [5, 5.41) is 9.25. The van der Waals surface area contributed by atoms with E-state index in [1.807, 2.05) is 35.7 Å². The van der Waals surface area contributed by atoms with Crippen molar-refractivity contribution in [3.8, 4) is 22.1 Å². The first-order valence-electron chi connectivity index (χ1n) is 8.96. The summed E-state index contributed by atoms with van der Waals surface area (Å²) in [5.41, 5.74) is 1.54. The molecule has 0 unspecified atom stereocenters. The predicted molar refractivity (Wildman–Crippen MR) is 105 cm³/mol. The van der Waals surface area contributed by atoms with Crippen LogP contribution in [0.2, 0.25) is 0 Å². The normalized spacial score (nSPS) is 12.1. The molecule has 1 aliphatic rings. The highest BCUT2D eigenvalue weighted by molar-refractivity contribution is 7.13. The summed E-state index contributed by atoms with van der Waals surface area (Å²) in [7, 11) is 0. The zero-order valence-corrected chi connectivity index (χ0v) is 15.9. The van der Waals surface area contributed by atoms with E-state index in [1.54, 1.807) is 17.4 Å². The van der Waals surface area contributed by atoms with E-state index in [-0.39, 0.29) is 18.3 Å². The second-order valence-corrected chi connectivity index (χ2v) is 7.27. The van der Waals surface area contributed by atoms with Crippen LogP contribution in [0.25, 0.3) is 10.6 Å². The molecule has 7 nitrogen and oxygen atoms in total. The summed E-state index contributed by atoms with van der Waals surface area (Å²) in [4.78, 5) is 25.1. The number of aryl methyl sites for hydroxylation is 1. The fourth-order valence-electron chi connectivity index (χ4n) is 2.89. The van der Waals surface area contributed by atoms with Gasteiger partial charge in [-0.15, -0.1) is 11.3 Å². The summed E-state index contributed by atoms with van der Waals surface area (Å²) in [5.74, 6) is 1.35. The maximum Gasteiger partial charge on any atom is 0.266 e. The smallest absolute Gasteiger partial charge is 0.266 e. The van der Waals surface area contributed by atoms with E-state index < -0.39 is 0 Å².